The van der Waals surface area contributed by atoms with Gasteiger partial charge in [0.05, 0.1) is 0 Å². The molecule has 0 rings (SSSR count). The van der Waals surface area contributed by atoms with Crippen LogP contribution in [-0.2, 0) is 3.48 Å². The molecule has 0 fully saturated rings. The molecule has 1 nitrogen and oxygen atoms in total. The minimum absolute atomic E-state index is 0. The summed E-state index contributed by atoms with van der Waals surface area (Å²) in [7, 11) is -1.70. The van der Waals surface area contributed by atoms with Crippen LogP contribution in [0.15, 0.2) is 0 Å². The largest absolute Gasteiger partial charge is 1.00 e. The summed E-state index contributed by atoms with van der Waals surface area (Å²) in [6.07, 6.45) is 0. The zero-order valence-electron chi connectivity index (χ0n) is 4.62. The van der Waals surface area contributed by atoms with Crippen LogP contribution in [0.5, 0.6) is 0 Å². The van der Waals surface area contributed by atoms with Gasteiger partial charge in [-0.25, -0.2) is 0 Å². The van der Waals surface area contributed by atoms with Gasteiger partial charge in [0.2, 0.25) is 0 Å². The second-order valence-electron chi connectivity index (χ2n) is 1.48. The third kappa shape index (κ3) is 15.6. The van der Waals surface area contributed by atoms with Gasteiger partial charge in [0, 0.05) is 0 Å². The van der Waals surface area contributed by atoms with Crippen molar-refractivity contribution in [3.63, 3.8) is 0 Å². The molecule has 0 heterocycles. The second-order valence-corrected chi connectivity index (χ2v) is 7.88. The van der Waals surface area contributed by atoms with Gasteiger partial charge in [0.25, 0.3) is 0 Å². The Kier molecular flexibility index (Phi) is 13.6. The number of hydrogen-bond acceptors (Lipinski definition) is 1. The fourth-order valence-corrected chi connectivity index (χ4v) is 0. The standard InChI is InChI=1S/C2H6ClOSi.Al.2ClH/c1-5(2,3)4;;;/h1-2H3;;2*1H/q-1;+3;;/p-2. The molecule has 0 aromatic carbocycles. The van der Waals surface area contributed by atoms with Crippen molar-refractivity contribution in [2.24, 2.45) is 0 Å². The van der Waals surface area contributed by atoms with Crippen molar-refractivity contribution in [3.05, 3.63) is 0 Å². The first-order valence-corrected chi connectivity index (χ1v) is 6.02. The van der Waals surface area contributed by atoms with Gasteiger partial charge in [-0.2, -0.15) is 0 Å². The van der Waals surface area contributed by atoms with E-state index in [1.165, 1.54) is 0 Å². The van der Waals surface area contributed by atoms with Crippen LogP contribution in [0.25, 0.3) is 0 Å². The molecule has 0 aliphatic rings. The fourth-order valence-electron chi connectivity index (χ4n) is 0. The summed E-state index contributed by atoms with van der Waals surface area (Å²) >= 11 is 7.77. The molecule has 6 heteroatoms. The van der Waals surface area contributed by atoms with Crippen LogP contribution in [0.4, 0.5) is 0 Å². The Balaban J connectivity index is -0.000000125. The van der Waals surface area contributed by atoms with Gasteiger partial charge in [0.15, 0.2) is 0 Å². The Morgan fingerprint density at radius 3 is 1.50 bits per heavy atom. The molecule has 0 N–H and O–H groups in total. The first kappa shape index (κ1) is 16.3. The predicted molar refractivity (Wildman–Crippen MR) is 30.2 cm³/mol. The van der Waals surface area contributed by atoms with Crippen molar-refractivity contribution in [2.75, 3.05) is 0 Å². The Hall–Kier alpha value is 1.58. The van der Waals surface area contributed by atoms with E-state index in [0.717, 1.165) is 0 Å². The summed E-state index contributed by atoms with van der Waals surface area (Å²) in [5.74, 6) is 0. The smallest absolute Gasteiger partial charge is 1.00 e. The molecule has 0 radical (unpaired) electrons. The van der Waals surface area contributed by atoms with Crippen LogP contribution in [0.1, 0.15) is 0 Å². The minimum atomic E-state index is -1.70. The fraction of sp³-hybridized carbons (Fsp3) is 1.00. The van der Waals surface area contributed by atoms with Crippen LogP contribution >= 0.6 is 11.1 Å². The third-order valence-electron chi connectivity index (χ3n) is 0.280. The van der Waals surface area contributed by atoms with Crippen LogP contribution in [0, 0.1) is 0 Å². The molecule has 0 aliphatic heterocycles. The summed E-state index contributed by atoms with van der Waals surface area (Å²) in [5.41, 5.74) is 0. The van der Waals surface area contributed by atoms with E-state index in [1.807, 2.05) is 13.1 Å². The Morgan fingerprint density at radius 2 is 1.50 bits per heavy atom. The van der Waals surface area contributed by atoms with E-state index in [1.54, 1.807) is 0 Å². The van der Waals surface area contributed by atoms with E-state index in [0.29, 0.717) is 0 Å². The molecule has 0 amide bonds. The molecule has 0 aliphatic carbocycles. The maximum absolute atomic E-state index is 5.61. The number of halogens is 3. The average Bonchev–Trinajstić information content (AvgIpc) is 1.35. The topological polar surface area (TPSA) is 9.23 Å². The third-order valence-corrected chi connectivity index (χ3v) is 3.32. The zero-order chi connectivity index (χ0) is 5.21. The molecule has 0 atom stereocenters. The SMILES string of the molecule is C[Si](C)(Cl)[O][Al+2].[Cl-].[Cl-]. The van der Waals surface area contributed by atoms with E-state index in [9.17, 15) is 0 Å². The van der Waals surface area contributed by atoms with E-state index in [2.05, 4.69) is 16.6 Å². The molecule has 0 spiro atoms. The Morgan fingerprint density at radius 1 is 1.38 bits per heavy atom. The molecule has 48 valence electrons. The quantitative estimate of drug-likeness (QED) is 0.309. The second kappa shape index (κ2) is 6.70. The number of rotatable bonds is 1. The van der Waals surface area contributed by atoms with Crippen molar-refractivity contribution in [2.45, 2.75) is 13.1 Å². The molecule has 0 bridgehead atoms. The van der Waals surface area contributed by atoms with Crippen molar-refractivity contribution in [1.29, 1.82) is 0 Å². The van der Waals surface area contributed by atoms with Crippen LogP contribution in [0.2, 0.25) is 13.1 Å². The maximum Gasteiger partial charge on any atom is -1.00 e. The summed E-state index contributed by atoms with van der Waals surface area (Å²) < 4.78 is 4.76. The summed E-state index contributed by atoms with van der Waals surface area (Å²) in [6.45, 7) is 3.81. The first-order valence-electron chi connectivity index (χ1n) is 1.63. The monoisotopic (exact) mass is 206 g/mol. The first-order chi connectivity index (χ1) is 2.56. The van der Waals surface area contributed by atoms with Gasteiger partial charge in [-0.05, 0) is 0 Å². The molecule has 0 unspecified atom stereocenters. The molecule has 8 heavy (non-hydrogen) atoms. The van der Waals surface area contributed by atoms with Gasteiger partial charge < -0.3 is 24.8 Å². The van der Waals surface area contributed by atoms with E-state index >= 15 is 0 Å². The number of hydrogen-bond donors (Lipinski definition) is 0. The van der Waals surface area contributed by atoms with Crippen molar-refractivity contribution in [1.82, 2.24) is 0 Å². The van der Waals surface area contributed by atoms with E-state index < -0.39 is 7.63 Å². The molecule has 0 aromatic heterocycles. The Bertz CT molecular complexity index is 47.0. The minimum Gasteiger partial charge on any atom is -1.00 e. The van der Waals surface area contributed by atoms with Gasteiger partial charge in [-0.3, -0.25) is 0 Å². The summed E-state index contributed by atoms with van der Waals surface area (Å²) in [4.78, 5) is 0. The molecule has 0 aromatic rings. The maximum atomic E-state index is 5.61. The van der Waals surface area contributed by atoms with Crippen molar-refractivity contribution < 1.29 is 28.3 Å². The van der Waals surface area contributed by atoms with E-state index in [4.69, 9.17) is 14.6 Å². The van der Waals surface area contributed by atoms with Gasteiger partial charge >= 0.3 is 51.9 Å². The van der Waals surface area contributed by atoms with Gasteiger partial charge in [-0.15, -0.1) is 0 Å². The normalized spacial score (nSPS) is 9.12. The molecular formula is C2H6AlCl3OSi. The summed E-state index contributed by atoms with van der Waals surface area (Å²) in [5, 5.41) is 0. The van der Waals surface area contributed by atoms with Crippen LogP contribution in [0.3, 0.4) is 0 Å². The van der Waals surface area contributed by atoms with Gasteiger partial charge in [0.1, 0.15) is 0 Å². The molecular weight excluding hydrogens is 201 g/mol. The van der Waals surface area contributed by atoms with Crippen molar-refractivity contribution >= 4 is 35.3 Å². The zero-order valence-corrected chi connectivity index (χ0v) is 9.04. The summed E-state index contributed by atoms with van der Waals surface area (Å²) in [6, 6.07) is 0. The molecule has 0 saturated heterocycles. The molecule has 0 saturated carbocycles. The predicted octanol–water partition coefficient (Wildman–Crippen LogP) is -4.96. The van der Waals surface area contributed by atoms with Crippen LogP contribution in [-0.4, -0.2) is 24.3 Å². The van der Waals surface area contributed by atoms with Crippen LogP contribution < -0.4 is 24.8 Å². The van der Waals surface area contributed by atoms with Gasteiger partial charge in [-0.1, -0.05) is 0 Å². The average molecular weight is 207 g/mol. The Labute approximate surface area is 76.5 Å². The van der Waals surface area contributed by atoms with E-state index in [-0.39, 0.29) is 24.8 Å². The van der Waals surface area contributed by atoms with Crippen molar-refractivity contribution in [3.8, 4) is 0 Å².